The largest absolute Gasteiger partial charge is 0.462 e. The Bertz CT molecular complexity index is 948. The molecule has 46 heavy (non-hydrogen) atoms. The zero-order valence-electron chi connectivity index (χ0n) is 29.0. The first-order valence-electron chi connectivity index (χ1n) is 17.8. The van der Waals surface area contributed by atoms with Gasteiger partial charge < -0.3 is 14.6 Å². The van der Waals surface area contributed by atoms with E-state index in [1.165, 1.54) is 25.7 Å². The van der Waals surface area contributed by atoms with E-state index in [2.05, 4.69) is 111 Å². The van der Waals surface area contributed by atoms with Crippen LogP contribution in [0.15, 0.2) is 97.2 Å². The molecule has 0 spiro atoms. The van der Waals surface area contributed by atoms with Gasteiger partial charge in [-0.3, -0.25) is 9.59 Å². The molecule has 1 atom stereocenters. The van der Waals surface area contributed by atoms with Gasteiger partial charge in [0.15, 0.2) is 6.10 Å². The van der Waals surface area contributed by atoms with Gasteiger partial charge in [0.05, 0.1) is 6.61 Å². The lowest BCUT2D eigenvalue weighted by Gasteiger charge is -2.15. The first-order valence-corrected chi connectivity index (χ1v) is 17.8. The fraction of sp³-hybridized carbons (Fsp3) is 0.561. The van der Waals surface area contributed by atoms with Crippen LogP contribution in [0.5, 0.6) is 0 Å². The number of ether oxygens (including phenoxy) is 2. The molecular weight excluding hydrogens is 572 g/mol. The Labute approximate surface area is 281 Å². The van der Waals surface area contributed by atoms with Crippen LogP contribution in [-0.2, 0) is 19.1 Å². The summed E-state index contributed by atoms with van der Waals surface area (Å²) in [4.78, 5) is 24.1. The zero-order chi connectivity index (χ0) is 33.6. The molecule has 0 saturated carbocycles. The SMILES string of the molecule is CCC=CCC=CCC=CCC=CCC=CCCCC(=O)O[C@@H](CO)COC(=O)CCCCC=CCC=CCC=CCCCCC. The maximum Gasteiger partial charge on any atom is 0.306 e. The molecule has 5 nitrogen and oxygen atoms in total. The Balaban J connectivity index is 3.80. The lowest BCUT2D eigenvalue weighted by Crippen LogP contribution is -2.28. The van der Waals surface area contributed by atoms with Crippen molar-refractivity contribution < 1.29 is 24.2 Å². The number of carbonyl (C=O) groups excluding carboxylic acids is 2. The van der Waals surface area contributed by atoms with Crippen LogP contribution in [0, 0.1) is 0 Å². The monoisotopic (exact) mass is 636 g/mol. The number of hydrogen-bond donors (Lipinski definition) is 1. The van der Waals surface area contributed by atoms with Gasteiger partial charge in [-0.1, -0.05) is 124 Å². The summed E-state index contributed by atoms with van der Waals surface area (Å²) >= 11 is 0. The molecular formula is C41H64O5. The van der Waals surface area contributed by atoms with E-state index in [0.717, 1.165) is 70.6 Å². The van der Waals surface area contributed by atoms with Crippen molar-refractivity contribution in [3.63, 3.8) is 0 Å². The second kappa shape index (κ2) is 36.3. The maximum atomic E-state index is 12.1. The van der Waals surface area contributed by atoms with Crippen LogP contribution >= 0.6 is 0 Å². The predicted molar refractivity (Wildman–Crippen MR) is 195 cm³/mol. The minimum Gasteiger partial charge on any atom is -0.462 e. The van der Waals surface area contributed by atoms with Crippen molar-refractivity contribution in [3.05, 3.63) is 97.2 Å². The maximum absolute atomic E-state index is 12.1. The number of unbranched alkanes of at least 4 members (excludes halogenated alkanes) is 6. The van der Waals surface area contributed by atoms with Crippen molar-refractivity contribution in [2.24, 2.45) is 0 Å². The van der Waals surface area contributed by atoms with Crippen LogP contribution in [-0.4, -0.2) is 36.4 Å². The van der Waals surface area contributed by atoms with Crippen LogP contribution in [0.1, 0.15) is 129 Å². The highest BCUT2D eigenvalue weighted by Gasteiger charge is 2.15. The van der Waals surface area contributed by atoms with Gasteiger partial charge >= 0.3 is 11.9 Å². The summed E-state index contributed by atoms with van der Waals surface area (Å²) in [6.45, 7) is 3.88. The number of allylic oxidation sites excluding steroid dienone is 16. The summed E-state index contributed by atoms with van der Waals surface area (Å²) in [5.74, 6) is -0.717. The molecule has 0 aromatic heterocycles. The Hall–Kier alpha value is -3.18. The Kier molecular flexibility index (Phi) is 33.8. The normalized spacial score (nSPS) is 13.4. The molecule has 0 aromatic carbocycles. The quantitative estimate of drug-likeness (QED) is 0.0482. The molecule has 0 saturated heterocycles. The standard InChI is InChI=1S/C41H64O5/c1-3-5-7-9-11-13-15-17-19-20-22-24-26-28-30-32-34-36-41(44)46-39(37-42)38-45-40(43)35-33-31-29-27-25-23-21-18-16-14-12-10-8-6-4-2/h5,7,11-14,17-19,21-22,24-25,27-28,30,39,42H,3-4,6,8-10,15-16,20,23,26,29,31-38H2,1-2H3/t39-/m0/s1. The van der Waals surface area contributed by atoms with E-state index in [-0.39, 0.29) is 31.6 Å². The van der Waals surface area contributed by atoms with Crippen LogP contribution in [0.25, 0.3) is 0 Å². The third kappa shape index (κ3) is 33.7. The van der Waals surface area contributed by atoms with Gasteiger partial charge in [-0.2, -0.15) is 0 Å². The average Bonchev–Trinajstić information content (AvgIpc) is 3.06. The second-order valence-electron chi connectivity index (χ2n) is 11.2. The lowest BCUT2D eigenvalue weighted by molar-refractivity contribution is -0.161. The van der Waals surface area contributed by atoms with E-state index < -0.39 is 6.10 Å². The lowest BCUT2D eigenvalue weighted by atomic mass is 10.1. The molecule has 1 N–H and O–H groups in total. The third-order valence-electron chi connectivity index (χ3n) is 6.86. The van der Waals surface area contributed by atoms with Crippen molar-refractivity contribution in [1.82, 2.24) is 0 Å². The fourth-order valence-corrected chi connectivity index (χ4v) is 4.18. The zero-order valence-corrected chi connectivity index (χ0v) is 29.0. The average molecular weight is 637 g/mol. The van der Waals surface area contributed by atoms with Gasteiger partial charge in [0, 0.05) is 12.8 Å². The molecule has 0 bridgehead atoms. The number of carbonyl (C=O) groups is 2. The number of hydrogen-bond acceptors (Lipinski definition) is 5. The molecule has 0 aliphatic heterocycles. The van der Waals surface area contributed by atoms with Crippen molar-refractivity contribution in [2.45, 2.75) is 136 Å². The minimum absolute atomic E-state index is 0.115. The van der Waals surface area contributed by atoms with Crippen molar-refractivity contribution in [2.75, 3.05) is 13.2 Å². The topological polar surface area (TPSA) is 72.8 Å². The molecule has 5 heteroatoms. The van der Waals surface area contributed by atoms with Gasteiger partial charge in [0.1, 0.15) is 6.61 Å². The summed E-state index contributed by atoms with van der Waals surface area (Å²) in [5.41, 5.74) is 0. The van der Waals surface area contributed by atoms with E-state index in [1.54, 1.807) is 0 Å². The van der Waals surface area contributed by atoms with Gasteiger partial charge in [-0.25, -0.2) is 0 Å². The van der Waals surface area contributed by atoms with Crippen molar-refractivity contribution in [1.29, 1.82) is 0 Å². The van der Waals surface area contributed by atoms with Crippen LogP contribution in [0.4, 0.5) is 0 Å². The minimum atomic E-state index is -0.822. The van der Waals surface area contributed by atoms with E-state index in [9.17, 15) is 14.7 Å². The Morgan fingerprint density at radius 3 is 1.39 bits per heavy atom. The highest BCUT2D eigenvalue weighted by molar-refractivity contribution is 5.70. The van der Waals surface area contributed by atoms with Gasteiger partial charge in [-0.05, 0) is 89.9 Å². The fourth-order valence-electron chi connectivity index (χ4n) is 4.18. The summed E-state index contributed by atoms with van der Waals surface area (Å²) in [6, 6.07) is 0. The van der Waals surface area contributed by atoms with Crippen LogP contribution < -0.4 is 0 Å². The molecule has 0 fully saturated rings. The number of aliphatic hydroxyl groups excluding tert-OH is 1. The van der Waals surface area contributed by atoms with E-state index >= 15 is 0 Å². The second-order valence-corrected chi connectivity index (χ2v) is 11.2. The third-order valence-corrected chi connectivity index (χ3v) is 6.86. The summed E-state index contributed by atoms with van der Waals surface area (Å²) in [7, 11) is 0. The van der Waals surface area contributed by atoms with E-state index in [1.807, 2.05) is 0 Å². The van der Waals surface area contributed by atoms with Gasteiger partial charge in [0.25, 0.3) is 0 Å². The van der Waals surface area contributed by atoms with E-state index in [4.69, 9.17) is 9.47 Å². The molecule has 0 aliphatic rings. The molecule has 0 amide bonds. The van der Waals surface area contributed by atoms with Crippen molar-refractivity contribution in [3.8, 4) is 0 Å². The van der Waals surface area contributed by atoms with Gasteiger partial charge in [0.2, 0.25) is 0 Å². The molecule has 258 valence electrons. The summed E-state index contributed by atoms with van der Waals surface area (Å²) in [5, 5.41) is 9.51. The first-order chi connectivity index (χ1) is 22.6. The molecule has 0 radical (unpaired) electrons. The highest BCUT2D eigenvalue weighted by atomic mass is 16.6. The Morgan fingerprint density at radius 1 is 0.522 bits per heavy atom. The number of rotatable bonds is 30. The highest BCUT2D eigenvalue weighted by Crippen LogP contribution is 2.07. The molecule has 0 aromatic rings. The van der Waals surface area contributed by atoms with Crippen LogP contribution in [0.3, 0.4) is 0 Å². The summed E-state index contributed by atoms with van der Waals surface area (Å²) in [6.07, 6.45) is 50.4. The van der Waals surface area contributed by atoms with Gasteiger partial charge in [-0.15, -0.1) is 0 Å². The number of aliphatic hydroxyl groups is 1. The van der Waals surface area contributed by atoms with Crippen molar-refractivity contribution >= 4 is 11.9 Å². The molecule has 0 rings (SSSR count). The molecule has 0 aliphatic carbocycles. The van der Waals surface area contributed by atoms with E-state index in [0.29, 0.717) is 12.8 Å². The number of esters is 2. The van der Waals surface area contributed by atoms with Crippen LogP contribution in [0.2, 0.25) is 0 Å². The smallest absolute Gasteiger partial charge is 0.306 e. The predicted octanol–water partition coefficient (Wildman–Crippen LogP) is 10.9. The summed E-state index contributed by atoms with van der Waals surface area (Å²) < 4.78 is 10.5. The first kappa shape index (κ1) is 42.8. The Morgan fingerprint density at radius 2 is 0.935 bits per heavy atom. The molecule has 0 unspecified atom stereocenters. The molecule has 0 heterocycles.